The zero-order chi connectivity index (χ0) is 18.6. The van der Waals surface area contributed by atoms with Gasteiger partial charge in [-0.15, -0.1) is 0 Å². The second kappa shape index (κ2) is 7.83. The number of rotatable bonds is 4. The maximum Gasteiger partial charge on any atom is 0.284 e. The summed E-state index contributed by atoms with van der Waals surface area (Å²) in [5.41, 5.74) is 1.96. The fourth-order valence-electron chi connectivity index (χ4n) is 2.89. The number of H-pyrrole nitrogens is 1. The van der Waals surface area contributed by atoms with Crippen LogP contribution in [-0.4, -0.2) is 45.8 Å². The largest absolute Gasteiger partial charge is 0.371 e. The van der Waals surface area contributed by atoms with Gasteiger partial charge in [0.2, 0.25) is 0 Å². The van der Waals surface area contributed by atoms with Crippen LogP contribution in [0, 0.1) is 0 Å². The van der Waals surface area contributed by atoms with Crippen molar-refractivity contribution in [2.45, 2.75) is 6.10 Å². The highest BCUT2D eigenvalue weighted by atomic mass is 35.5. The summed E-state index contributed by atoms with van der Waals surface area (Å²) < 4.78 is 5.77. The van der Waals surface area contributed by atoms with E-state index < -0.39 is 0 Å². The van der Waals surface area contributed by atoms with Gasteiger partial charge in [0, 0.05) is 19.3 Å². The molecule has 3 heterocycles. The number of halogens is 1. The first-order valence-electron chi connectivity index (χ1n) is 8.46. The Morgan fingerprint density at radius 1 is 1.19 bits per heavy atom. The number of anilines is 2. The quantitative estimate of drug-likeness (QED) is 0.717. The minimum absolute atomic E-state index is 0.00128. The van der Waals surface area contributed by atoms with E-state index in [0.29, 0.717) is 18.1 Å². The number of aromatic amines is 1. The lowest BCUT2D eigenvalue weighted by atomic mass is 10.1. The Hall–Kier alpha value is -2.81. The molecule has 0 radical (unpaired) electrons. The van der Waals surface area contributed by atoms with Gasteiger partial charge in [-0.25, -0.2) is 9.97 Å². The molecule has 0 bridgehead atoms. The number of morpholine rings is 1. The molecule has 1 saturated heterocycles. The van der Waals surface area contributed by atoms with Gasteiger partial charge in [0.05, 0.1) is 30.8 Å². The molecule has 0 unspecified atom stereocenters. The maximum absolute atomic E-state index is 13.0. The van der Waals surface area contributed by atoms with Gasteiger partial charge in [0.15, 0.2) is 11.5 Å². The molecule has 1 aliphatic rings. The third kappa shape index (κ3) is 3.82. The number of hydrogen-bond donors (Lipinski definition) is 2. The number of aromatic nitrogens is 4. The van der Waals surface area contributed by atoms with Gasteiger partial charge in [-0.1, -0.05) is 23.7 Å². The van der Waals surface area contributed by atoms with Crippen molar-refractivity contribution in [1.29, 1.82) is 0 Å². The molecule has 8 nitrogen and oxygen atoms in total. The van der Waals surface area contributed by atoms with Crippen LogP contribution < -0.4 is 10.2 Å². The number of nitrogens with one attached hydrogen (secondary N) is 2. The third-order valence-corrected chi connectivity index (χ3v) is 4.40. The average molecular weight is 385 g/mol. The van der Waals surface area contributed by atoms with Crippen molar-refractivity contribution >= 4 is 29.0 Å². The fraction of sp³-hybridized carbons (Fsp3) is 0.222. The molecule has 1 aliphatic heterocycles. The van der Waals surface area contributed by atoms with Crippen molar-refractivity contribution in [3.8, 4) is 0 Å². The van der Waals surface area contributed by atoms with E-state index in [0.717, 1.165) is 18.7 Å². The van der Waals surface area contributed by atoms with E-state index in [4.69, 9.17) is 16.3 Å². The topological polar surface area (TPSA) is 96.0 Å². The summed E-state index contributed by atoms with van der Waals surface area (Å²) >= 11 is 5.83. The molecule has 0 aliphatic carbocycles. The third-order valence-electron chi connectivity index (χ3n) is 4.21. The minimum Gasteiger partial charge on any atom is -0.371 e. The number of ether oxygens (including phenoxy) is 1. The highest BCUT2D eigenvalue weighted by molar-refractivity contribution is 6.29. The standard InChI is InChI=1S/C18H17ClN6O2/c19-16-10-22-17(11-21-16)25(18(26)14-5-6-23-24-14)13-3-1-12(2-4-13)15-9-20-7-8-27-15/h1-6,10-11,15,20H,7-9H2,(H,23,24)/t15-/m1/s1. The van der Waals surface area contributed by atoms with Crippen LogP contribution in [-0.2, 0) is 4.74 Å². The summed E-state index contributed by atoms with van der Waals surface area (Å²) in [5.74, 6) is 0.0342. The molecule has 9 heteroatoms. The molecule has 27 heavy (non-hydrogen) atoms. The SMILES string of the molecule is O=C(c1cc[nH]n1)N(c1ccc([C@H]2CNCCO2)cc1)c1cnc(Cl)cn1. The highest BCUT2D eigenvalue weighted by Crippen LogP contribution is 2.28. The minimum atomic E-state index is -0.323. The summed E-state index contributed by atoms with van der Waals surface area (Å²) in [4.78, 5) is 22.7. The summed E-state index contributed by atoms with van der Waals surface area (Å²) in [6.45, 7) is 2.30. The number of carbonyl (C=O) groups excluding carboxylic acids is 1. The number of amides is 1. The maximum atomic E-state index is 13.0. The molecule has 1 atom stereocenters. The number of hydrogen-bond acceptors (Lipinski definition) is 6. The van der Waals surface area contributed by atoms with E-state index in [1.165, 1.54) is 17.3 Å². The van der Waals surface area contributed by atoms with Gasteiger partial charge in [0.25, 0.3) is 5.91 Å². The van der Waals surface area contributed by atoms with E-state index >= 15 is 0 Å². The molecule has 1 aromatic carbocycles. The molecular formula is C18H17ClN6O2. The molecule has 2 aromatic heterocycles. The number of carbonyl (C=O) groups is 1. The Balaban J connectivity index is 1.67. The monoisotopic (exact) mass is 384 g/mol. The Kier molecular flexibility index (Phi) is 5.10. The Morgan fingerprint density at radius 2 is 2.04 bits per heavy atom. The lowest BCUT2D eigenvalue weighted by Crippen LogP contribution is -2.33. The number of nitrogens with zero attached hydrogens (tertiary/aromatic N) is 4. The Bertz CT molecular complexity index is 893. The molecule has 1 amide bonds. The first kappa shape index (κ1) is 17.6. The van der Waals surface area contributed by atoms with Crippen molar-refractivity contribution in [2.75, 3.05) is 24.6 Å². The van der Waals surface area contributed by atoms with Crippen LogP contribution >= 0.6 is 11.6 Å². The Labute approximate surface area is 160 Å². The highest BCUT2D eigenvalue weighted by Gasteiger charge is 2.24. The van der Waals surface area contributed by atoms with Gasteiger partial charge in [-0.3, -0.25) is 14.8 Å². The molecule has 1 fully saturated rings. The van der Waals surface area contributed by atoms with E-state index in [1.807, 2.05) is 24.3 Å². The molecule has 0 saturated carbocycles. The number of benzene rings is 1. The van der Waals surface area contributed by atoms with E-state index in [9.17, 15) is 4.79 Å². The molecule has 4 rings (SSSR count). The van der Waals surface area contributed by atoms with Crippen LogP contribution in [0.5, 0.6) is 0 Å². The van der Waals surface area contributed by atoms with E-state index in [1.54, 1.807) is 12.3 Å². The van der Waals surface area contributed by atoms with E-state index in [-0.39, 0.29) is 22.9 Å². The second-order valence-corrected chi connectivity index (χ2v) is 6.34. The smallest absolute Gasteiger partial charge is 0.284 e. The lowest BCUT2D eigenvalue weighted by Gasteiger charge is -2.25. The van der Waals surface area contributed by atoms with Crippen LogP contribution in [0.25, 0.3) is 0 Å². The van der Waals surface area contributed by atoms with Gasteiger partial charge in [-0.05, 0) is 23.8 Å². The van der Waals surface area contributed by atoms with Crippen molar-refractivity contribution < 1.29 is 9.53 Å². The zero-order valence-corrected chi connectivity index (χ0v) is 15.1. The first-order chi connectivity index (χ1) is 13.2. The zero-order valence-electron chi connectivity index (χ0n) is 14.3. The first-order valence-corrected chi connectivity index (χ1v) is 8.84. The lowest BCUT2D eigenvalue weighted by molar-refractivity contribution is 0.0277. The van der Waals surface area contributed by atoms with Crippen molar-refractivity contribution in [1.82, 2.24) is 25.5 Å². The normalized spacial score (nSPS) is 16.9. The van der Waals surface area contributed by atoms with Crippen LogP contribution in [0.4, 0.5) is 11.5 Å². The predicted octanol–water partition coefficient (Wildman–Crippen LogP) is 2.49. The van der Waals surface area contributed by atoms with Crippen LogP contribution in [0.3, 0.4) is 0 Å². The molecular weight excluding hydrogens is 368 g/mol. The summed E-state index contributed by atoms with van der Waals surface area (Å²) in [6.07, 6.45) is 4.45. The van der Waals surface area contributed by atoms with E-state index in [2.05, 4.69) is 25.5 Å². The van der Waals surface area contributed by atoms with Gasteiger partial charge in [0.1, 0.15) is 5.15 Å². The molecule has 2 N–H and O–H groups in total. The van der Waals surface area contributed by atoms with Gasteiger partial charge < -0.3 is 10.1 Å². The predicted molar refractivity (Wildman–Crippen MR) is 100 cm³/mol. The molecule has 3 aromatic rings. The van der Waals surface area contributed by atoms with Gasteiger partial charge in [-0.2, -0.15) is 5.10 Å². The van der Waals surface area contributed by atoms with Crippen molar-refractivity contribution in [2.24, 2.45) is 0 Å². The Morgan fingerprint density at radius 3 is 2.67 bits per heavy atom. The van der Waals surface area contributed by atoms with Crippen molar-refractivity contribution in [3.05, 3.63) is 65.3 Å². The molecule has 0 spiro atoms. The summed E-state index contributed by atoms with van der Waals surface area (Å²) in [6, 6.07) is 9.21. The van der Waals surface area contributed by atoms with Crippen molar-refractivity contribution in [3.63, 3.8) is 0 Å². The summed E-state index contributed by atoms with van der Waals surface area (Å²) in [7, 11) is 0. The van der Waals surface area contributed by atoms with Gasteiger partial charge >= 0.3 is 0 Å². The average Bonchev–Trinajstić information content (AvgIpc) is 3.26. The fourth-order valence-corrected chi connectivity index (χ4v) is 2.98. The second-order valence-electron chi connectivity index (χ2n) is 5.95. The van der Waals surface area contributed by atoms with Crippen LogP contribution in [0.2, 0.25) is 5.15 Å². The van der Waals surface area contributed by atoms with Crippen LogP contribution in [0.15, 0.2) is 48.9 Å². The van der Waals surface area contributed by atoms with Crippen LogP contribution in [0.1, 0.15) is 22.2 Å². The molecule has 138 valence electrons. The summed E-state index contributed by atoms with van der Waals surface area (Å²) in [5, 5.41) is 10.2.